The molecule has 1 fully saturated rings. The van der Waals surface area contributed by atoms with Crippen LogP contribution in [0.25, 0.3) is 0 Å². The summed E-state index contributed by atoms with van der Waals surface area (Å²) in [5, 5.41) is 0. The van der Waals surface area contributed by atoms with Gasteiger partial charge in [0.05, 0.1) is 6.10 Å². The van der Waals surface area contributed by atoms with Crippen LogP contribution in [0, 0.1) is 0 Å². The van der Waals surface area contributed by atoms with Gasteiger partial charge in [0.1, 0.15) is 6.61 Å². The summed E-state index contributed by atoms with van der Waals surface area (Å²) in [6.45, 7) is 1.88. The van der Waals surface area contributed by atoms with E-state index in [2.05, 4.69) is 4.98 Å². The van der Waals surface area contributed by atoms with Crippen LogP contribution in [0.3, 0.4) is 0 Å². The lowest BCUT2D eigenvalue weighted by molar-refractivity contribution is 0.0350. The molecule has 1 aromatic heterocycles. The highest BCUT2D eigenvalue weighted by atomic mass is 16.5. The van der Waals surface area contributed by atoms with Gasteiger partial charge in [-0.3, -0.25) is 4.79 Å². The molecule has 1 saturated heterocycles. The minimum absolute atomic E-state index is 0.0246. The van der Waals surface area contributed by atoms with Crippen molar-refractivity contribution in [2.45, 2.75) is 25.6 Å². The molecule has 1 aliphatic heterocycles. The molecule has 0 spiro atoms. The number of nitrogens with zero attached hydrogens (tertiary/aromatic N) is 2. The van der Waals surface area contributed by atoms with Crippen molar-refractivity contribution in [3.63, 3.8) is 0 Å². The van der Waals surface area contributed by atoms with E-state index in [0.717, 1.165) is 31.5 Å². The van der Waals surface area contributed by atoms with Crippen molar-refractivity contribution in [1.29, 1.82) is 0 Å². The molecule has 0 radical (unpaired) electrons. The Bertz CT molecular complexity index is 667. The average Bonchev–Trinajstić information content (AvgIpc) is 2.67. The van der Waals surface area contributed by atoms with Gasteiger partial charge in [-0.2, -0.15) is 0 Å². The summed E-state index contributed by atoms with van der Waals surface area (Å²) in [7, 11) is 1.72. The van der Waals surface area contributed by atoms with Crippen LogP contribution in [-0.4, -0.2) is 42.1 Å². The Morgan fingerprint density at radius 3 is 2.67 bits per heavy atom. The number of rotatable bonds is 5. The lowest BCUT2D eigenvalue weighted by Crippen LogP contribution is -2.40. The summed E-state index contributed by atoms with van der Waals surface area (Å²) < 4.78 is 11.1. The minimum atomic E-state index is 0.0246. The fourth-order valence-corrected chi connectivity index (χ4v) is 2.83. The number of aromatic nitrogens is 1. The number of hydrogen-bond acceptors (Lipinski definition) is 4. The molecule has 1 amide bonds. The number of methoxy groups -OCH3 is 1. The van der Waals surface area contributed by atoms with Crippen LogP contribution in [0.5, 0.6) is 5.88 Å². The Balaban J connectivity index is 1.61. The molecule has 5 heteroatoms. The van der Waals surface area contributed by atoms with E-state index >= 15 is 0 Å². The molecule has 0 atom stereocenters. The van der Waals surface area contributed by atoms with E-state index in [0.29, 0.717) is 18.1 Å². The molecule has 0 aliphatic carbocycles. The van der Waals surface area contributed by atoms with E-state index in [1.165, 1.54) is 0 Å². The summed E-state index contributed by atoms with van der Waals surface area (Å²) in [4.78, 5) is 18.7. The van der Waals surface area contributed by atoms with Crippen molar-refractivity contribution in [2.75, 3.05) is 20.2 Å². The summed E-state index contributed by atoms with van der Waals surface area (Å²) >= 11 is 0. The highest BCUT2D eigenvalue weighted by Crippen LogP contribution is 2.18. The highest BCUT2D eigenvalue weighted by Gasteiger charge is 2.23. The zero-order valence-electron chi connectivity index (χ0n) is 13.9. The Hall–Kier alpha value is -2.40. The number of amides is 1. The van der Waals surface area contributed by atoms with E-state index in [9.17, 15) is 4.79 Å². The second-order valence-corrected chi connectivity index (χ2v) is 5.88. The lowest BCUT2D eigenvalue weighted by atomic mass is 10.1. The zero-order chi connectivity index (χ0) is 16.8. The number of benzene rings is 1. The molecule has 24 heavy (non-hydrogen) atoms. The third-order valence-electron chi connectivity index (χ3n) is 4.27. The predicted octanol–water partition coefficient (Wildman–Crippen LogP) is 2.91. The highest BCUT2D eigenvalue weighted by molar-refractivity contribution is 5.94. The Kier molecular flexibility index (Phi) is 5.43. The van der Waals surface area contributed by atoms with Gasteiger partial charge in [-0.25, -0.2) is 4.98 Å². The van der Waals surface area contributed by atoms with E-state index in [-0.39, 0.29) is 12.0 Å². The van der Waals surface area contributed by atoms with Gasteiger partial charge in [0, 0.05) is 38.0 Å². The standard InChI is InChI=1S/C19H22N2O3/c1-23-17-8-11-21(12-9-17)19(22)16-7-10-20-18(13-16)24-14-15-5-3-2-4-6-15/h2-7,10,13,17H,8-9,11-12,14H2,1H3. The number of likely N-dealkylation sites (tertiary alicyclic amines) is 1. The van der Waals surface area contributed by atoms with Crippen LogP contribution < -0.4 is 4.74 Å². The molecular formula is C19H22N2O3. The predicted molar refractivity (Wildman–Crippen MR) is 90.9 cm³/mol. The molecule has 0 bridgehead atoms. The third-order valence-corrected chi connectivity index (χ3v) is 4.27. The van der Waals surface area contributed by atoms with Gasteiger partial charge in [0.2, 0.25) is 5.88 Å². The minimum Gasteiger partial charge on any atom is -0.473 e. The summed E-state index contributed by atoms with van der Waals surface area (Å²) in [6.07, 6.45) is 3.64. The molecule has 0 N–H and O–H groups in total. The van der Waals surface area contributed by atoms with Crippen LogP contribution in [-0.2, 0) is 11.3 Å². The SMILES string of the molecule is COC1CCN(C(=O)c2ccnc(OCc3ccccc3)c2)CC1. The van der Waals surface area contributed by atoms with Crippen LogP contribution in [0.1, 0.15) is 28.8 Å². The first-order valence-electron chi connectivity index (χ1n) is 8.21. The molecule has 3 rings (SSSR count). The summed E-state index contributed by atoms with van der Waals surface area (Å²) in [5.41, 5.74) is 1.68. The largest absolute Gasteiger partial charge is 0.473 e. The van der Waals surface area contributed by atoms with Gasteiger partial charge in [0.25, 0.3) is 5.91 Å². The maximum atomic E-state index is 12.6. The molecule has 1 aliphatic rings. The fourth-order valence-electron chi connectivity index (χ4n) is 2.83. The third kappa shape index (κ3) is 4.11. The molecule has 5 nitrogen and oxygen atoms in total. The van der Waals surface area contributed by atoms with Gasteiger partial charge in [0.15, 0.2) is 0 Å². The Morgan fingerprint density at radius 1 is 1.21 bits per heavy atom. The molecule has 0 unspecified atom stereocenters. The van der Waals surface area contributed by atoms with E-state index < -0.39 is 0 Å². The number of hydrogen-bond donors (Lipinski definition) is 0. The molecule has 126 valence electrons. The molecule has 0 saturated carbocycles. The van der Waals surface area contributed by atoms with Gasteiger partial charge in [-0.15, -0.1) is 0 Å². The van der Waals surface area contributed by atoms with Gasteiger partial charge in [-0.05, 0) is 24.5 Å². The summed E-state index contributed by atoms with van der Waals surface area (Å²) in [6, 6.07) is 13.3. The van der Waals surface area contributed by atoms with E-state index in [4.69, 9.17) is 9.47 Å². The maximum absolute atomic E-state index is 12.6. The van der Waals surface area contributed by atoms with Gasteiger partial charge < -0.3 is 14.4 Å². The van der Waals surface area contributed by atoms with E-state index in [1.807, 2.05) is 35.2 Å². The fraction of sp³-hybridized carbons (Fsp3) is 0.368. The monoisotopic (exact) mass is 326 g/mol. The number of piperidine rings is 1. The summed E-state index contributed by atoms with van der Waals surface area (Å²) in [5.74, 6) is 0.494. The number of carbonyl (C=O) groups is 1. The van der Waals surface area contributed by atoms with Crippen molar-refractivity contribution in [1.82, 2.24) is 9.88 Å². The number of ether oxygens (including phenoxy) is 2. The molecule has 1 aromatic carbocycles. The van der Waals surface area contributed by atoms with Crippen LogP contribution in [0.15, 0.2) is 48.7 Å². The quantitative estimate of drug-likeness (QED) is 0.848. The van der Waals surface area contributed by atoms with Crippen LogP contribution in [0.2, 0.25) is 0 Å². The van der Waals surface area contributed by atoms with Crippen molar-refractivity contribution in [3.05, 3.63) is 59.8 Å². The van der Waals surface area contributed by atoms with Crippen molar-refractivity contribution in [3.8, 4) is 5.88 Å². The van der Waals surface area contributed by atoms with E-state index in [1.54, 1.807) is 25.4 Å². The van der Waals surface area contributed by atoms with Gasteiger partial charge in [-0.1, -0.05) is 30.3 Å². The first kappa shape index (κ1) is 16.5. The number of carbonyl (C=O) groups excluding carboxylic acids is 1. The first-order chi connectivity index (χ1) is 11.8. The normalized spacial score (nSPS) is 15.3. The van der Waals surface area contributed by atoms with Gasteiger partial charge >= 0.3 is 0 Å². The average molecular weight is 326 g/mol. The Morgan fingerprint density at radius 2 is 1.96 bits per heavy atom. The second-order valence-electron chi connectivity index (χ2n) is 5.88. The smallest absolute Gasteiger partial charge is 0.254 e. The molecule has 2 heterocycles. The molecule has 2 aromatic rings. The van der Waals surface area contributed by atoms with Crippen molar-refractivity contribution < 1.29 is 14.3 Å². The van der Waals surface area contributed by atoms with Crippen molar-refractivity contribution in [2.24, 2.45) is 0 Å². The Labute approximate surface area is 142 Å². The first-order valence-corrected chi connectivity index (χ1v) is 8.21. The maximum Gasteiger partial charge on any atom is 0.254 e. The molecular weight excluding hydrogens is 304 g/mol. The van der Waals surface area contributed by atoms with Crippen molar-refractivity contribution >= 4 is 5.91 Å². The van der Waals surface area contributed by atoms with Crippen LogP contribution in [0.4, 0.5) is 0 Å². The topological polar surface area (TPSA) is 51.7 Å². The number of pyridine rings is 1. The second kappa shape index (κ2) is 7.93. The van der Waals surface area contributed by atoms with Crippen LogP contribution >= 0.6 is 0 Å². The zero-order valence-corrected chi connectivity index (χ0v) is 13.9. The lowest BCUT2D eigenvalue weighted by Gasteiger charge is -2.31.